The number of carbonyl (C=O) groups is 1. The molecule has 0 bridgehead atoms. The fourth-order valence-electron chi connectivity index (χ4n) is 6.60. The molecule has 3 fully saturated rings. The number of hydrogen-bond donors (Lipinski definition) is 0. The Morgan fingerprint density at radius 1 is 0.720 bits per heavy atom. The predicted molar refractivity (Wildman–Crippen MR) is 101 cm³/mol. The van der Waals surface area contributed by atoms with Gasteiger partial charge in [0.15, 0.2) is 0 Å². The van der Waals surface area contributed by atoms with Gasteiger partial charge in [-0.15, -0.1) is 0 Å². The molecule has 0 amide bonds. The first kappa shape index (κ1) is 19.0. The van der Waals surface area contributed by atoms with Gasteiger partial charge in [-0.05, 0) is 74.2 Å². The molecule has 0 radical (unpaired) electrons. The van der Waals surface area contributed by atoms with Crippen molar-refractivity contribution in [3.05, 3.63) is 11.6 Å². The zero-order valence-electron chi connectivity index (χ0n) is 16.2. The molecule has 0 unspecified atom stereocenters. The van der Waals surface area contributed by atoms with Crippen LogP contribution in [0.3, 0.4) is 0 Å². The van der Waals surface area contributed by atoms with Gasteiger partial charge in [0.2, 0.25) is 0 Å². The summed E-state index contributed by atoms with van der Waals surface area (Å²) in [5.41, 5.74) is 0.632. The van der Waals surface area contributed by atoms with Crippen LogP contribution in [0.5, 0.6) is 0 Å². The molecule has 0 N–H and O–H groups in total. The SMILES string of the molecule is C/C(=C\C(C1CCCCC1)(C1CCCCC1)C1CCCCC1)C(=O)[O-]. The Hall–Kier alpha value is -0.790. The second-order valence-electron chi connectivity index (χ2n) is 9.12. The van der Waals surface area contributed by atoms with Crippen LogP contribution in [0.1, 0.15) is 103 Å². The molecule has 0 spiro atoms. The lowest BCUT2D eigenvalue weighted by Crippen LogP contribution is -2.46. The van der Waals surface area contributed by atoms with E-state index < -0.39 is 5.97 Å². The highest BCUT2D eigenvalue weighted by molar-refractivity contribution is 5.84. The third-order valence-corrected chi connectivity index (χ3v) is 7.73. The van der Waals surface area contributed by atoms with Crippen LogP contribution in [-0.4, -0.2) is 5.97 Å². The summed E-state index contributed by atoms with van der Waals surface area (Å²) in [6.07, 6.45) is 22.2. The van der Waals surface area contributed by atoms with E-state index in [1.165, 1.54) is 96.3 Å². The molecular weight excluding hydrogens is 308 g/mol. The highest BCUT2D eigenvalue weighted by atomic mass is 16.4. The minimum absolute atomic E-state index is 0.130. The molecular formula is C23H37O2-. The van der Waals surface area contributed by atoms with Gasteiger partial charge in [0.25, 0.3) is 0 Å². The summed E-state index contributed by atoms with van der Waals surface area (Å²) in [6, 6.07) is 0. The minimum atomic E-state index is -0.952. The number of carbonyl (C=O) groups excluding carboxylic acids is 1. The van der Waals surface area contributed by atoms with Gasteiger partial charge in [0.05, 0.1) is 5.97 Å². The Morgan fingerprint density at radius 2 is 1.04 bits per heavy atom. The van der Waals surface area contributed by atoms with Crippen molar-refractivity contribution >= 4 is 5.97 Å². The zero-order valence-corrected chi connectivity index (χ0v) is 16.2. The van der Waals surface area contributed by atoms with Crippen molar-refractivity contribution in [1.82, 2.24) is 0 Å². The Balaban J connectivity index is 2.03. The van der Waals surface area contributed by atoms with Crippen LogP contribution >= 0.6 is 0 Å². The van der Waals surface area contributed by atoms with Crippen LogP contribution in [0.15, 0.2) is 11.6 Å². The first-order chi connectivity index (χ1) is 12.1. The van der Waals surface area contributed by atoms with Crippen LogP contribution in [0, 0.1) is 23.2 Å². The van der Waals surface area contributed by atoms with Gasteiger partial charge in [-0.2, -0.15) is 0 Å². The minimum Gasteiger partial charge on any atom is -0.545 e. The largest absolute Gasteiger partial charge is 0.545 e. The molecule has 142 valence electrons. The van der Waals surface area contributed by atoms with Crippen molar-refractivity contribution in [2.45, 2.75) is 103 Å². The standard InChI is InChI=1S/C23H38O2/c1-18(22(24)25)17-23(19-11-5-2-6-12-19,20-13-7-3-8-14-20)21-15-9-4-10-16-21/h17,19-21H,2-16H2,1H3,(H,24,25)/p-1/b18-17+. The van der Waals surface area contributed by atoms with E-state index in [0.29, 0.717) is 23.3 Å². The molecule has 3 saturated carbocycles. The first-order valence-electron chi connectivity index (χ1n) is 11.1. The fourth-order valence-corrected chi connectivity index (χ4v) is 6.60. The highest BCUT2D eigenvalue weighted by Gasteiger charge is 2.49. The second-order valence-corrected chi connectivity index (χ2v) is 9.12. The lowest BCUT2D eigenvalue weighted by atomic mass is 9.51. The number of carboxylic acid groups (broad SMARTS) is 1. The van der Waals surface area contributed by atoms with E-state index >= 15 is 0 Å². The average Bonchev–Trinajstić information content (AvgIpc) is 2.68. The number of hydrogen-bond acceptors (Lipinski definition) is 2. The molecule has 0 aromatic rings. The van der Waals surface area contributed by atoms with E-state index in [1.807, 2.05) is 0 Å². The monoisotopic (exact) mass is 345 g/mol. The molecule has 2 nitrogen and oxygen atoms in total. The van der Waals surface area contributed by atoms with E-state index in [4.69, 9.17) is 0 Å². The lowest BCUT2D eigenvalue weighted by Gasteiger charge is -2.54. The summed E-state index contributed by atoms with van der Waals surface area (Å²) < 4.78 is 0. The molecule has 0 aliphatic heterocycles. The Labute approximate surface area is 154 Å². The van der Waals surface area contributed by atoms with Crippen LogP contribution in [-0.2, 0) is 4.79 Å². The van der Waals surface area contributed by atoms with Gasteiger partial charge < -0.3 is 9.90 Å². The van der Waals surface area contributed by atoms with E-state index in [9.17, 15) is 9.90 Å². The van der Waals surface area contributed by atoms with Gasteiger partial charge in [-0.3, -0.25) is 0 Å². The maximum atomic E-state index is 11.6. The van der Waals surface area contributed by atoms with Gasteiger partial charge in [0.1, 0.15) is 0 Å². The van der Waals surface area contributed by atoms with Crippen molar-refractivity contribution < 1.29 is 9.90 Å². The first-order valence-corrected chi connectivity index (χ1v) is 11.1. The molecule has 0 atom stereocenters. The topological polar surface area (TPSA) is 40.1 Å². The summed E-state index contributed by atoms with van der Waals surface area (Å²) >= 11 is 0. The molecule has 0 saturated heterocycles. The van der Waals surface area contributed by atoms with Crippen LogP contribution in [0.4, 0.5) is 0 Å². The number of carboxylic acids is 1. The number of rotatable bonds is 5. The van der Waals surface area contributed by atoms with Crippen molar-refractivity contribution in [1.29, 1.82) is 0 Å². The maximum Gasteiger partial charge on any atom is 0.0669 e. The highest BCUT2D eigenvalue weighted by Crippen LogP contribution is 2.57. The number of aliphatic carboxylic acids is 1. The summed E-state index contributed by atoms with van der Waals surface area (Å²) in [6.45, 7) is 1.79. The molecule has 3 aliphatic carbocycles. The molecule has 3 aliphatic rings. The number of allylic oxidation sites excluding steroid dienone is 1. The van der Waals surface area contributed by atoms with Crippen LogP contribution in [0.25, 0.3) is 0 Å². The van der Waals surface area contributed by atoms with Gasteiger partial charge in [-0.1, -0.05) is 63.9 Å². The van der Waals surface area contributed by atoms with E-state index in [-0.39, 0.29) is 5.41 Å². The summed E-state index contributed by atoms with van der Waals surface area (Å²) in [4.78, 5) is 11.6. The molecule has 0 heterocycles. The molecule has 0 aromatic carbocycles. The zero-order chi connectivity index (χ0) is 17.7. The maximum absolute atomic E-state index is 11.6. The Bertz CT molecular complexity index is 415. The Morgan fingerprint density at radius 3 is 1.32 bits per heavy atom. The quantitative estimate of drug-likeness (QED) is 0.625. The summed E-state index contributed by atoms with van der Waals surface area (Å²) in [5.74, 6) is 1.14. The average molecular weight is 346 g/mol. The van der Waals surface area contributed by atoms with E-state index in [1.54, 1.807) is 6.92 Å². The molecule has 2 heteroatoms. The summed E-state index contributed by atoms with van der Waals surface area (Å²) in [7, 11) is 0. The predicted octanol–water partition coefficient (Wildman–Crippen LogP) is 5.41. The van der Waals surface area contributed by atoms with Crippen molar-refractivity contribution in [2.24, 2.45) is 23.2 Å². The second kappa shape index (κ2) is 8.73. The molecule has 25 heavy (non-hydrogen) atoms. The van der Waals surface area contributed by atoms with Gasteiger partial charge in [0, 0.05) is 0 Å². The molecule has 0 aromatic heterocycles. The summed E-state index contributed by atoms with van der Waals surface area (Å²) in [5, 5.41) is 11.6. The van der Waals surface area contributed by atoms with E-state index in [0.717, 1.165) is 0 Å². The smallest absolute Gasteiger partial charge is 0.0669 e. The van der Waals surface area contributed by atoms with Gasteiger partial charge >= 0.3 is 0 Å². The molecule has 3 rings (SSSR count). The van der Waals surface area contributed by atoms with Crippen molar-refractivity contribution in [3.63, 3.8) is 0 Å². The lowest BCUT2D eigenvalue weighted by molar-refractivity contribution is -0.299. The third-order valence-electron chi connectivity index (χ3n) is 7.73. The van der Waals surface area contributed by atoms with Crippen LogP contribution in [0.2, 0.25) is 0 Å². The van der Waals surface area contributed by atoms with Crippen molar-refractivity contribution in [3.8, 4) is 0 Å². The fraction of sp³-hybridized carbons (Fsp3) is 0.870. The van der Waals surface area contributed by atoms with Crippen LogP contribution < -0.4 is 5.11 Å². The van der Waals surface area contributed by atoms with Crippen molar-refractivity contribution in [2.75, 3.05) is 0 Å². The van der Waals surface area contributed by atoms with E-state index in [2.05, 4.69) is 6.08 Å². The van der Waals surface area contributed by atoms with Gasteiger partial charge in [-0.25, -0.2) is 0 Å². The third kappa shape index (κ3) is 4.14. The Kier molecular flexibility index (Phi) is 6.63. The normalized spacial score (nSPS) is 25.9.